The van der Waals surface area contributed by atoms with Crippen molar-refractivity contribution >= 4 is 22.8 Å². The maximum Gasteiger partial charge on any atom is 0.388 e. The minimum absolute atomic E-state index is 0.254. The number of hydrogen-bond acceptors (Lipinski definition) is 7. The molecule has 4 aromatic heterocycles. The first-order valence-corrected chi connectivity index (χ1v) is 7.63. The molecule has 0 bridgehead atoms. The topological polar surface area (TPSA) is 106 Å². The van der Waals surface area contributed by atoms with E-state index in [1.807, 2.05) is 0 Å². The van der Waals surface area contributed by atoms with Crippen LogP contribution in [0.4, 0.5) is 24.8 Å². The Balaban J connectivity index is 1.56. The lowest BCUT2D eigenvalue weighted by Gasteiger charge is -2.05. The summed E-state index contributed by atoms with van der Waals surface area (Å²) >= 11 is 0. The molecule has 138 valence electrons. The van der Waals surface area contributed by atoms with Crippen LogP contribution < -0.4 is 10.1 Å². The van der Waals surface area contributed by atoms with Crippen molar-refractivity contribution in [3.05, 3.63) is 48.3 Å². The second-order valence-electron chi connectivity index (χ2n) is 5.38. The molecular weight excluding hydrogens is 365 g/mol. The third kappa shape index (κ3) is 3.78. The van der Waals surface area contributed by atoms with Gasteiger partial charge in [0.05, 0.1) is 18.9 Å². The lowest BCUT2D eigenvalue weighted by Crippen LogP contribution is -2.04. The van der Waals surface area contributed by atoms with Crippen molar-refractivity contribution in [2.24, 2.45) is 0 Å². The Bertz CT molecular complexity index is 1060. The lowest BCUT2D eigenvalue weighted by atomic mass is 10.3. The molecule has 0 aromatic carbocycles. The molecule has 0 saturated heterocycles. The van der Waals surface area contributed by atoms with Crippen molar-refractivity contribution in [1.82, 2.24) is 34.9 Å². The molecule has 4 heterocycles. The van der Waals surface area contributed by atoms with Crippen LogP contribution in [0.15, 0.2) is 36.8 Å². The fourth-order valence-electron chi connectivity index (χ4n) is 2.35. The number of pyridine rings is 1. The van der Waals surface area contributed by atoms with Crippen LogP contribution in [0, 0.1) is 5.95 Å². The number of aromatic nitrogens is 7. The van der Waals surface area contributed by atoms with Crippen LogP contribution in [0.25, 0.3) is 11.2 Å². The molecule has 0 unspecified atom stereocenters. The van der Waals surface area contributed by atoms with Crippen LogP contribution in [0.2, 0.25) is 0 Å². The predicted octanol–water partition coefficient (Wildman–Crippen LogP) is 2.48. The smallest absolute Gasteiger partial charge is 0.388 e. The number of nitrogens with one attached hydrogen (secondary N) is 2. The highest BCUT2D eigenvalue weighted by molar-refractivity contribution is 5.72. The molecule has 9 nitrogen and oxygen atoms in total. The standard InChI is InChI=1S/C15H11F3N8O/c16-10-2-1-8(4-20-10)7-26-14-9(5-21-26)19-6-12(23-14)22-11-3-13(25-24-11)27-15(17)18/h1-6,15H,7H2,(H2,22,23,24,25). The van der Waals surface area contributed by atoms with E-state index in [0.717, 1.165) is 5.56 Å². The number of fused-ring (bicyclic) bond motifs is 1. The molecule has 4 rings (SSSR count). The molecule has 0 amide bonds. The second kappa shape index (κ2) is 6.90. The predicted molar refractivity (Wildman–Crippen MR) is 87.1 cm³/mol. The van der Waals surface area contributed by atoms with Crippen LogP contribution in [0.3, 0.4) is 0 Å². The first kappa shape index (κ1) is 16.8. The fraction of sp³-hybridized carbons (Fsp3) is 0.133. The van der Waals surface area contributed by atoms with Gasteiger partial charge < -0.3 is 10.1 Å². The average Bonchev–Trinajstić information content (AvgIpc) is 3.23. The monoisotopic (exact) mass is 376 g/mol. The summed E-state index contributed by atoms with van der Waals surface area (Å²) in [6.07, 6.45) is 4.42. The molecule has 0 radical (unpaired) electrons. The summed E-state index contributed by atoms with van der Waals surface area (Å²) in [4.78, 5) is 12.3. The Labute approximate surface area is 149 Å². The average molecular weight is 376 g/mol. The molecule has 0 spiro atoms. The number of aromatic amines is 1. The Morgan fingerprint density at radius 3 is 2.85 bits per heavy atom. The van der Waals surface area contributed by atoms with E-state index in [1.54, 1.807) is 16.9 Å². The summed E-state index contributed by atoms with van der Waals surface area (Å²) < 4.78 is 43.1. The summed E-state index contributed by atoms with van der Waals surface area (Å²) in [6.45, 7) is -2.64. The molecule has 0 fully saturated rings. The van der Waals surface area contributed by atoms with Gasteiger partial charge in [0.2, 0.25) is 11.8 Å². The van der Waals surface area contributed by atoms with E-state index in [9.17, 15) is 13.2 Å². The zero-order valence-electron chi connectivity index (χ0n) is 13.5. The van der Waals surface area contributed by atoms with E-state index in [2.05, 4.69) is 40.3 Å². The molecule has 0 aliphatic carbocycles. The van der Waals surface area contributed by atoms with E-state index < -0.39 is 12.6 Å². The number of nitrogens with zero attached hydrogens (tertiary/aromatic N) is 6. The van der Waals surface area contributed by atoms with E-state index in [4.69, 9.17) is 0 Å². The number of anilines is 2. The highest BCUT2D eigenvalue weighted by Crippen LogP contribution is 2.20. The molecule has 0 aliphatic heterocycles. The molecule has 4 aromatic rings. The van der Waals surface area contributed by atoms with E-state index in [0.29, 0.717) is 29.3 Å². The van der Waals surface area contributed by atoms with Gasteiger partial charge in [-0.2, -0.15) is 18.3 Å². The Kier molecular flexibility index (Phi) is 4.28. The minimum Gasteiger partial charge on any atom is -0.415 e. The Morgan fingerprint density at radius 2 is 2.07 bits per heavy atom. The minimum atomic E-state index is -2.97. The normalized spacial score (nSPS) is 11.3. The molecule has 2 N–H and O–H groups in total. The van der Waals surface area contributed by atoms with Crippen LogP contribution in [0.1, 0.15) is 5.56 Å². The van der Waals surface area contributed by atoms with Crippen molar-refractivity contribution in [3.63, 3.8) is 0 Å². The lowest BCUT2D eigenvalue weighted by molar-refractivity contribution is -0.0528. The summed E-state index contributed by atoms with van der Waals surface area (Å²) in [5, 5.41) is 13.2. The molecule has 0 saturated carbocycles. The van der Waals surface area contributed by atoms with Crippen molar-refractivity contribution in [2.45, 2.75) is 13.2 Å². The summed E-state index contributed by atoms with van der Waals surface area (Å²) in [5.74, 6) is -0.178. The van der Waals surface area contributed by atoms with E-state index >= 15 is 0 Å². The number of hydrogen-bond donors (Lipinski definition) is 2. The third-order valence-corrected chi connectivity index (χ3v) is 3.49. The number of ether oxygens (including phenoxy) is 1. The van der Waals surface area contributed by atoms with Crippen LogP contribution in [-0.2, 0) is 6.54 Å². The molecular formula is C15H11F3N8O. The highest BCUT2D eigenvalue weighted by Gasteiger charge is 2.11. The van der Waals surface area contributed by atoms with E-state index in [1.165, 1.54) is 24.5 Å². The SMILES string of the molecule is Fc1ccc(Cn2ncc3ncc(Nc4cc(OC(F)F)n[nH]4)nc32)cn1. The first-order chi connectivity index (χ1) is 13.1. The molecule has 0 atom stereocenters. The Morgan fingerprint density at radius 1 is 1.19 bits per heavy atom. The van der Waals surface area contributed by atoms with Crippen LogP contribution >= 0.6 is 0 Å². The zero-order valence-corrected chi connectivity index (χ0v) is 13.5. The van der Waals surface area contributed by atoms with Gasteiger partial charge in [-0.05, 0) is 11.6 Å². The quantitative estimate of drug-likeness (QED) is 0.498. The second-order valence-corrected chi connectivity index (χ2v) is 5.38. The van der Waals surface area contributed by atoms with Gasteiger partial charge in [-0.1, -0.05) is 6.07 Å². The van der Waals surface area contributed by atoms with E-state index in [-0.39, 0.29) is 5.88 Å². The molecule has 0 aliphatic rings. The van der Waals surface area contributed by atoms with Gasteiger partial charge in [-0.15, -0.1) is 5.10 Å². The van der Waals surface area contributed by atoms with Gasteiger partial charge in [0, 0.05) is 12.3 Å². The van der Waals surface area contributed by atoms with Crippen molar-refractivity contribution in [1.29, 1.82) is 0 Å². The van der Waals surface area contributed by atoms with Gasteiger partial charge in [0.25, 0.3) is 0 Å². The number of H-pyrrole nitrogens is 1. The highest BCUT2D eigenvalue weighted by atomic mass is 19.3. The van der Waals surface area contributed by atoms with Gasteiger partial charge in [0.15, 0.2) is 11.5 Å². The maximum absolute atomic E-state index is 12.9. The van der Waals surface area contributed by atoms with Crippen LogP contribution in [0.5, 0.6) is 5.88 Å². The summed E-state index contributed by atoms with van der Waals surface area (Å²) in [7, 11) is 0. The molecule has 12 heteroatoms. The first-order valence-electron chi connectivity index (χ1n) is 7.63. The molecule has 27 heavy (non-hydrogen) atoms. The number of rotatable bonds is 6. The third-order valence-electron chi connectivity index (χ3n) is 3.49. The largest absolute Gasteiger partial charge is 0.415 e. The number of halogens is 3. The van der Waals surface area contributed by atoms with Gasteiger partial charge in [0.1, 0.15) is 11.3 Å². The maximum atomic E-state index is 12.9. The van der Waals surface area contributed by atoms with Gasteiger partial charge >= 0.3 is 6.61 Å². The summed E-state index contributed by atoms with van der Waals surface area (Å²) in [5.41, 5.74) is 1.78. The summed E-state index contributed by atoms with van der Waals surface area (Å²) in [6, 6.07) is 4.12. The fourth-order valence-corrected chi connectivity index (χ4v) is 2.35. The van der Waals surface area contributed by atoms with Crippen molar-refractivity contribution < 1.29 is 17.9 Å². The Hall–Kier alpha value is -3.70. The van der Waals surface area contributed by atoms with Crippen molar-refractivity contribution in [3.8, 4) is 5.88 Å². The van der Waals surface area contributed by atoms with Gasteiger partial charge in [-0.25, -0.2) is 19.6 Å². The van der Waals surface area contributed by atoms with Crippen LogP contribution in [-0.4, -0.2) is 41.5 Å². The van der Waals surface area contributed by atoms with Crippen molar-refractivity contribution in [2.75, 3.05) is 5.32 Å². The zero-order chi connectivity index (χ0) is 18.8. The number of alkyl halides is 2. The van der Waals surface area contributed by atoms with Gasteiger partial charge in [-0.3, -0.25) is 5.10 Å².